The number of carbonyl (C=O) groups excluding carboxylic acids is 2. The van der Waals surface area contributed by atoms with E-state index in [-0.39, 0.29) is 17.9 Å². The molecule has 1 atom stereocenters. The Balaban J connectivity index is 1.29. The van der Waals surface area contributed by atoms with Crippen LogP contribution in [-0.2, 0) is 4.79 Å². The molecule has 1 aliphatic heterocycles. The van der Waals surface area contributed by atoms with Crippen molar-refractivity contribution < 1.29 is 9.59 Å². The van der Waals surface area contributed by atoms with Gasteiger partial charge in [-0.15, -0.1) is 0 Å². The zero-order valence-corrected chi connectivity index (χ0v) is 20.1. The van der Waals surface area contributed by atoms with Crippen molar-refractivity contribution in [3.05, 3.63) is 46.7 Å². The highest BCUT2D eigenvalue weighted by Gasteiger charge is 2.25. The first kappa shape index (κ1) is 22.1. The number of carbonyl (C=O) groups is 2. The topological polar surface area (TPSA) is 121 Å². The van der Waals surface area contributed by atoms with Crippen molar-refractivity contribution >= 4 is 50.7 Å². The lowest BCUT2D eigenvalue weighted by molar-refractivity contribution is -0.133. The van der Waals surface area contributed by atoms with Gasteiger partial charge >= 0.3 is 0 Å². The van der Waals surface area contributed by atoms with E-state index in [1.54, 1.807) is 17.1 Å². The van der Waals surface area contributed by atoms with Crippen molar-refractivity contribution in [1.82, 2.24) is 29.9 Å². The van der Waals surface area contributed by atoms with E-state index in [0.717, 1.165) is 53.6 Å². The number of H-pyrrole nitrogens is 1. The van der Waals surface area contributed by atoms with E-state index in [2.05, 4.69) is 30.9 Å². The molecule has 5 rings (SSSR count). The van der Waals surface area contributed by atoms with Gasteiger partial charge in [0.05, 0.1) is 23.6 Å². The van der Waals surface area contributed by atoms with E-state index in [1.807, 2.05) is 44.0 Å². The first-order valence-corrected chi connectivity index (χ1v) is 12.0. The Kier molecular flexibility index (Phi) is 5.78. The molecule has 3 N–H and O–H groups in total. The lowest BCUT2D eigenvalue weighted by Gasteiger charge is -2.20. The zero-order valence-electron chi connectivity index (χ0n) is 19.3. The number of hydrogen-bond acceptors (Lipinski definition) is 7. The lowest BCUT2D eigenvalue weighted by atomic mass is 10.1. The number of nitrogens with one attached hydrogen (secondary N) is 3. The maximum atomic E-state index is 12.9. The fraction of sp³-hybridized carbons (Fsp3) is 0.348. The molecule has 3 aromatic heterocycles. The summed E-state index contributed by atoms with van der Waals surface area (Å²) in [5, 5.41) is 19.1. The van der Waals surface area contributed by atoms with Crippen molar-refractivity contribution in [2.24, 2.45) is 0 Å². The molecule has 0 spiro atoms. The van der Waals surface area contributed by atoms with Gasteiger partial charge in [-0.2, -0.15) is 10.2 Å². The Bertz CT molecular complexity index is 1360. The standard InChI is InChI=1S/C23H26N8O2S/c1-13-6-7-17-16(10-25-28-17)19(13)26-21(32)18-11-24-23(34-18)27-20-14(2)12-31(29-20)15(3)22(33)30-8-4-5-9-30/h6-7,10-12,15H,4-5,8-9H2,1-3H3,(H,25,28)(H,26,32)(H,24,27,29). The number of likely N-dealkylation sites (tertiary alicyclic amines) is 1. The molecule has 176 valence electrons. The second-order valence-corrected chi connectivity index (χ2v) is 9.58. The molecule has 1 aromatic carbocycles. The fourth-order valence-corrected chi connectivity index (χ4v) is 4.84. The summed E-state index contributed by atoms with van der Waals surface area (Å²) in [4.78, 5) is 32.3. The maximum Gasteiger partial charge on any atom is 0.267 e. The molecule has 0 aliphatic carbocycles. The number of aromatic amines is 1. The summed E-state index contributed by atoms with van der Waals surface area (Å²) in [6.07, 6.45) is 7.21. The van der Waals surface area contributed by atoms with E-state index < -0.39 is 0 Å². The number of aryl methyl sites for hydroxylation is 2. The van der Waals surface area contributed by atoms with Crippen LogP contribution in [0.5, 0.6) is 0 Å². The monoisotopic (exact) mass is 478 g/mol. The van der Waals surface area contributed by atoms with Crippen molar-refractivity contribution in [3.63, 3.8) is 0 Å². The van der Waals surface area contributed by atoms with Crippen LogP contribution in [0, 0.1) is 13.8 Å². The Morgan fingerprint density at radius 1 is 1.15 bits per heavy atom. The third-order valence-electron chi connectivity index (χ3n) is 6.11. The molecule has 2 amide bonds. The number of hydrogen-bond donors (Lipinski definition) is 3. The van der Waals surface area contributed by atoms with E-state index in [0.29, 0.717) is 15.8 Å². The predicted octanol–water partition coefficient (Wildman–Crippen LogP) is 4.01. The molecule has 11 heteroatoms. The first-order chi connectivity index (χ1) is 16.4. The number of benzene rings is 1. The van der Waals surface area contributed by atoms with Crippen molar-refractivity contribution in [2.75, 3.05) is 23.7 Å². The minimum atomic E-state index is -0.376. The van der Waals surface area contributed by atoms with Crippen LogP contribution < -0.4 is 10.6 Å². The van der Waals surface area contributed by atoms with E-state index in [1.165, 1.54) is 11.3 Å². The van der Waals surface area contributed by atoms with Gasteiger partial charge in [0.2, 0.25) is 5.91 Å². The summed E-state index contributed by atoms with van der Waals surface area (Å²) in [6, 6.07) is 3.49. The quantitative estimate of drug-likeness (QED) is 0.385. The Labute approximate surface area is 200 Å². The van der Waals surface area contributed by atoms with Crippen LogP contribution in [0.3, 0.4) is 0 Å². The summed E-state index contributed by atoms with van der Waals surface area (Å²) < 4.78 is 1.69. The number of rotatable bonds is 6. The number of amides is 2. The average molecular weight is 479 g/mol. The minimum Gasteiger partial charge on any atom is -0.341 e. The third-order valence-corrected chi connectivity index (χ3v) is 7.02. The highest BCUT2D eigenvalue weighted by atomic mass is 32.1. The van der Waals surface area contributed by atoms with Crippen LogP contribution in [0.15, 0.2) is 30.7 Å². The van der Waals surface area contributed by atoms with Crippen molar-refractivity contribution in [3.8, 4) is 0 Å². The van der Waals surface area contributed by atoms with Crippen LogP contribution in [0.1, 0.15) is 46.6 Å². The first-order valence-electron chi connectivity index (χ1n) is 11.2. The maximum absolute atomic E-state index is 12.9. The number of nitrogens with zero attached hydrogens (tertiary/aromatic N) is 5. The molecule has 0 radical (unpaired) electrons. The highest BCUT2D eigenvalue weighted by Crippen LogP contribution is 2.29. The van der Waals surface area contributed by atoms with Crippen molar-refractivity contribution in [2.45, 2.75) is 39.7 Å². The molecule has 4 aromatic rings. The van der Waals surface area contributed by atoms with Crippen LogP contribution in [0.4, 0.5) is 16.6 Å². The third kappa shape index (κ3) is 4.14. The van der Waals surface area contributed by atoms with E-state index in [4.69, 9.17) is 0 Å². The highest BCUT2D eigenvalue weighted by molar-refractivity contribution is 7.17. The van der Waals surface area contributed by atoms with Gasteiger partial charge in [-0.3, -0.25) is 19.4 Å². The average Bonchev–Trinajstić information content (AvgIpc) is 3.63. The Morgan fingerprint density at radius 2 is 1.94 bits per heavy atom. The normalized spacial score (nSPS) is 14.5. The summed E-state index contributed by atoms with van der Waals surface area (Å²) >= 11 is 1.24. The van der Waals surface area contributed by atoms with Gasteiger partial charge in [-0.1, -0.05) is 17.4 Å². The van der Waals surface area contributed by atoms with Gasteiger partial charge in [0.1, 0.15) is 10.9 Å². The molecule has 1 aliphatic rings. The Hall–Kier alpha value is -3.73. The van der Waals surface area contributed by atoms with Gasteiger partial charge in [0.25, 0.3) is 5.91 Å². The van der Waals surface area contributed by atoms with Gasteiger partial charge in [0.15, 0.2) is 10.9 Å². The molecule has 0 saturated carbocycles. The second-order valence-electron chi connectivity index (χ2n) is 8.55. The van der Waals surface area contributed by atoms with Crippen molar-refractivity contribution in [1.29, 1.82) is 0 Å². The van der Waals surface area contributed by atoms with Gasteiger partial charge in [-0.25, -0.2) is 4.98 Å². The molecule has 4 heterocycles. The van der Waals surface area contributed by atoms with Crippen LogP contribution in [-0.4, -0.2) is 54.8 Å². The Morgan fingerprint density at radius 3 is 2.74 bits per heavy atom. The van der Waals surface area contributed by atoms with E-state index >= 15 is 0 Å². The number of fused-ring (bicyclic) bond motifs is 1. The summed E-state index contributed by atoms with van der Waals surface area (Å²) in [7, 11) is 0. The number of aromatic nitrogens is 5. The summed E-state index contributed by atoms with van der Waals surface area (Å²) in [5.41, 5.74) is 3.43. The zero-order chi connectivity index (χ0) is 23.8. The summed E-state index contributed by atoms with van der Waals surface area (Å²) in [6.45, 7) is 7.36. The summed E-state index contributed by atoms with van der Waals surface area (Å²) in [5.74, 6) is 0.457. The number of thiazole rings is 1. The fourth-order valence-electron chi connectivity index (χ4n) is 4.13. The molecule has 1 unspecified atom stereocenters. The SMILES string of the molecule is Cc1cn(C(C)C(=O)N2CCCC2)nc1Nc1ncc(C(=O)Nc2c(C)ccc3[nH]ncc23)s1. The van der Waals surface area contributed by atoms with Gasteiger partial charge in [0, 0.05) is 30.2 Å². The smallest absolute Gasteiger partial charge is 0.267 e. The molecule has 0 bridgehead atoms. The van der Waals surface area contributed by atoms with Gasteiger partial charge in [-0.05, 0) is 45.2 Å². The molecular weight excluding hydrogens is 452 g/mol. The molecular formula is C23H26N8O2S. The van der Waals surface area contributed by atoms with Crippen LogP contribution in [0.2, 0.25) is 0 Å². The largest absolute Gasteiger partial charge is 0.341 e. The number of anilines is 3. The molecule has 10 nitrogen and oxygen atoms in total. The molecule has 34 heavy (non-hydrogen) atoms. The van der Waals surface area contributed by atoms with Crippen LogP contribution in [0.25, 0.3) is 10.9 Å². The second kappa shape index (κ2) is 8.90. The lowest BCUT2D eigenvalue weighted by Crippen LogP contribution is -2.34. The van der Waals surface area contributed by atoms with Gasteiger partial charge < -0.3 is 15.5 Å². The van der Waals surface area contributed by atoms with Crippen LogP contribution >= 0.6 is 11.3 Å². The van der Waals surface area contributed by atoms with E-state index in [9.17, 15) is 9.59 Å². The minimum absolute atomic E-state index is 0.0858. The predicted molar refractivity (Wildman–Crippen MR) is 132 cm³/mol. The molecule has 1 fully saturated rings. The molecule has 1 saturated heterocycles.